The Kier molecular flexibility index (Phi) is 4.67. The van der Waals surface area contributed by atoms with E-state index in [0.29, 0.717) is 17.2 Å². The van der Waals surface area contributed by atoms with E-state index < -0.39 is 11.4 Å². The summed E-state index contributed by atoms with van der Waals surface area (Å²) < 4.78 is 5.45. The van der Waals surface area contributed by atoms with Crippen molar-refractivity contribution in [1.82, 2.24) is 0 Å². The molecule has 18 heavy (non-hydrogen) atoms. The lowest BCUT2D eigenvalue weighted by Crippen LogP contribution is -2.30. The van der Waals surface area contributed by atoms with E-state index in [0.717, 1.165) is 5.56 Å². The second-order valence-electron chi connectivity index (χ2n) is 4.76. The number of thiocarbonyl (C=S) groups is 1. The molecule has 0 aliphatic carbocycles. The van der Waals surface area contributed by atoms with Crippen LogP contribution in [0.15, 0.2) is 24.3 Å². The molecule has 0 aromatic heterocycles. The van der Waals surface area contributed by atoms with Crippen molar-refractivity contribution in [1.29, 1.82) is 0 Å². The SMILES string of the molecule is CC(C)(COc1ccc(CC(N)=S)cc1)C(=O)O. The van der Waals surface area contributed by atoms with Gasteiger partial charge in [-0.15, -0.1) is 0 Å². The summed E-state index contributed by atoms with van der Waals surface area (Å²) in [5.41, 5.74) is 5.55. The number of hydrogen-bond donors (Lipinski definition) is 2. The van der Waals surface area contributed by atoms with Crippen LogP contribution in [0.2, 0.25) is 0 Å². The second-order valence-corrected chi connectivity index (χ2v) is 5.29. The summed E-state index contributed by atoms with van der Waals surface area (Å²) in [5, 5.41) is 8.95. The lowest BCUT2D eigenvalue weighted by Gasteiger charge is -2.19. The number of hydrogen-bond acceptors (Lipinski definition) is 3. The van der Waals surface area contributed by atoms with Gasteiger partial charge in [-0.25, -0.2) is 0 Å². The number of nitrogens with two attached hydrogens (primary N) is 1. The molecule has 0 saturated heterocycles. The molecule has 0 amide bonds. The normalized spacial score (nSPS) is 11.0. The van der Waals surface area contributed by atoms with Crippen LogP contribution in [0.3, 0.4) is 0 Å². The van der Waals surface area contributed by atoms with Gasteiger partial charge < -0.3 is 15.6 Å². The molecule has 0 bridgehead atoms. The van der Waals surface area contributed by atoms with Gasteiger partial charge in [0.05, 0.1) is 10.4 Å². The van der Waals surface area contributed by atoms with Crippen molar-refractivity contribution in [3.8, 4) is 5.75 Å². The molecular weight excluding hydrogens is 250 g/mol. The Morgan fingerprint density at radius 3 is 2.39 bits per heavy atom. The van der Waals surface area contributed by atoms with E-state index in [9.17, 15) is 4.79 Å². The third kappa shape index (κ3) is 4.33. The first-order chi connectivity index (χ1) is 8.31. The van der Waals surface area contributed by atoms with Gasteiger partial charge in [-0.3, -0.25) is 4.79 Å². The number of carboxylic acids is 1. The fraction of sp³-hybridized carbons (Fsp3) is 0.385. The van der Waals surface area contributed by atoms with Gasteiger partial charge in [-0.2, -0.15) is 0 Å². The van der Waals surface area contributed by atoms with Crippen molar-refractivity contribution in [3.05, 3.63) is 29.8 Å². The van der Waals surface area contributed by atoms with Gasteiger partial charge in [-0.1, -0.05) is 24.4 Å². The number of carboxylic acid groups (broad SMARTS) is 1. The molecule has 0 fully saturated rings. The molecule has 98 valence electrons. The highest BCUT2D eigenvalue weighted by Crippen LogP contribution is 2.19. The average molecular weight is 267 g/mol. The Morgan fingerprint density at radius 2 is 1.94 bits per heavy atom. The standard InChI is InChI=1S/C13H17NO3S/c1-13(2,12(15)16)8-17-10-5-3-9(4-6-10)7-11(14)18/h3-6H,7-8H2,1-2H3,(H2,14,18)(H,15,16). The third-order valence-electron chi connectivity index (χ3n) is 2.48. The van der Waals surface area contributed by atoms with Crippen molar-refractivity contribution >= 4 is 23.2 Å². The first kappa shape index (κ1) is 14.4. The monoisotopic (exact) mass is 267 g/mol. The van der Waals surface area contributed by atoms with E-state index in [1.165, 1.54) is 0 Å². The van der Waals surface area contributed by atoms with Crippen LogP contribution in [-0.2, 0) is 11.2 Å². The van der Waals surface area contributed by atoms with Gasteiger partial charge in [0, 0.05) is 6.42 Å². The Hall–Kier alpha value is -1.62. The highest BCUT2D eigenvalue weighted by Gasteiger charge is 2.28. The van der Waals surface area contributed by atoms with Crippen LogP contribution in [0, 0.1) is 5.41 Å². The molecule has 0 unspecified atom stereocenters. The van der Waals surface area contributed by atoms with E-state index in [-0.39, 0.29) is 6.61 Å². The van der Waals surface area contributed by atoms with E-state index in [1.807, 2.05) is 12.1 Å². The lowest BCUT2D eigenvalue weighted by atomic mass is 9.95. The van der Waals surface area contributed by atoms with Gasteiger partial charge >= 0.3 is 5.97 Å². The summed E-state index contributed by atoms with van der Waals surface area (Å²) in [6.07, 6.45) is 0.552. The molecule has 5 heteroatoms. The molecule has 4 nitrogen and oxygen atoms in total. The Bertz CT molecular complexity index is 440. The third-order valence-corrected chi connectivity index (χ3v) is 2.62. The molecule has 0 aliphatic rings. The Balaban J connectivity index is 2.59. The van der Waals surface area contributed by atoms with Crippen LogP contribution in [0.1, 0.15) is 19.4 Å². The lowest BCUT2D eigenvalue weighted by molar-refractivity contribution is -0.148. The van der Waals surface area contributed by atoms with Crippen molar-refractivity contribution in [2.45, 2.75) is 20.3 Å². The smallest absolute Gasteiger partial charge is 0.312 e. The minimum Gasteiger partial charge on any atom is -0.492 e. The number of aliphatic carboxylic acids is 1. The highest BCUT2D eigenvalue weighted by molar-refractivity contribution is 7.80. The van der Waals surface area contributed by atoms with Crippen LogP contribution < -0.4 is 10.5 Å². The molecule has 1 rings (SSSR count). The number of ether oxygens (including phenoxy) is 1. The summed E-state index contributed by atoms with van der Waals surface area (Å²) in [7, 11) is 0. The van der Waals surface area contributed by atoms with E-state index in [2.05, 4.69) is 0 Å². The average Bonchev–Trinajstić information content (AvgIpc) is 2.27. The number of benzene rings is 1. The quantitative estimate of drug-likeness (QED) is 0.771. The summed E-state index contributed by atoms with van der Waals surface area (Å²) >= 11 is 4.82. The highest BCUT2D eigenvalue weighted by atomic mass is 32.1. The maximum absolute atomic E-state index is 10.9. The fourth-order valence-corrected chi connectivity index (χ4v) is 1.40. The number of carbonyl (C=O) groups is 1. The van der Waals surface area contributed by atoms with E-state index >= 15 is 0 Å². The minimum atomic E-state index is -0.905. The molecule has 0 radical (unpaired) electrons. The van der Waals surface area contributed by atoms with Crippen LogP contribution in [0.25, 0.3) is 0 Å². The molecule has 1 aromatic carbocycles. The maximum atomic E-state index is 10.9. The molecule has 0 spiro atoms. The molecule has 0 aliphatic heterocycles. The Morgan fingerprint density at radius 1 is 1.39 bits per heavy atom. The molecule has 3 N–H and O–H groups in total. The van der Waals surface area contributed by atoms with Crippen molar-refractivity contribution in [2.24, 2.45) is 11.1 Å². The van der Waals surface area contributed by atoms with Crippen molar-refractivity contribution in [2.75, 3.05) is 6.61 Å². The Labute approximate surface area is 112 Å². The van der Waals surface area contributed by atoms with E-state index in [4.69, 9.17) is 27.8 Å². The van der Waals surface area contributed by atoms with Crippen molar-refractivity contribution in [3.63, 3.8) is 0 Å². The van der Waals surface area contributed by atoms with Gasteiger partial charge in [-0.05, 0) is 31.5 Å². The molecular formula is C13H17NO3S. The first-order valence-corrected chi connectivity index (χ1v) is 5.95. The largest absolute Gasteiger partial charge is 0.492 e. The van der Waals surface area contributed by atoms with E-state index in [1.54, 1.807) is 26.0 Å². The molecule has 0 saturated carbocycles. The summed E-state index contributed by atoms with van der Waals surface area (Å²) in [4.78, 5) is 11.3. The fourth-order valence-electron chi connectivity index (χ4n) is 1.23. The first-order valence-electron chi connectivity index (χ1n) is 5.55. The predicted octanol–water partition coefficient (Wildman–Crippen LogP) is 2.00. The predicted molar refractivity (Wildman–Crippen MR) is 73.8 cm³/mol. The minimum absolute atomic E-state index is 0.122. The summed E-state index contributed by atoms with van der Waals surface area (Å²) in [6.45, 7) is 3.37. The zero-order valence-electron chi connectivity index (χ0n) is 10.5. The van der Waals surface area contributed by atoms with Crippen molar-refractivity contribution < 1.29 is 14.6 Å². The van der Waals surface area contributed by atoms with Gasteiger partial charge in [0.25, 0.3) is 0 Å². The molecule has 0 heterocycles. The van der Waals surface area contributed by atoms with Crippen LogP contribution in [0.4, 0.5) is 0 Å². The van der Waals surface area contributed by atoms with Crippen LogP contribution in [-0.4, -0.2) is 22.7 Å². The van der Waals surface area contributed by atoms with Gasteiger partial charge in [0.1, 0.15) is 12.4 Å². The van der Waals surface area contributed by atoms with Gasteiger partial charge in [0.2, 0.25) is 0 Å². The zero-order valence-corrected chi connectivity index (χ0v) is 11.3. The number of rotatable bonds is 6. The van der Waals surface area contributed by atoms with Crippen LogP contribution in [0.5, 0.6) is 5.75 Å². The topological polar surface area (TPSA) is 72.5 Å². The summed E-state index contributed by atoms with van der Waals surface area (Å²) in [6, 6.07) is 7.29. The molecule has 1 aromatic rings. The summed E-state index contributed by atoms with van der Waals surface area (Å²) in [5.74, 6) is -0.247. The molecule has 0 atom stereocenters. The second kappa shape index (κ2) is 5.82. The maximum Gasteiger partial charge on any atom is 0.312 e. The zero-order chi connectivity index (χ0) is 13.8. The van der Waals surface area contributed by atoms with Crippen LogP contribution >= 0.6 is 12.2 Å². The van der Waals surface area contributed by atoms with Gasteiger partial charge in [0.15, 0.2) is 0 Å².